The molecule has 0 aliphatic carbocycles. The van der Waals surface area contributed by atoms with Gasteiger partial charge in [0.2, 0.25) is 0 Å². The summed E-state index contributed by atoms with van der Waals surface area (Å²) in [6.45, 7) is 3.09. The number of carbonyl (C=O) groups is 2. The highest BCUT2D eigenvalue weighted by Crippen LogP contribution is 2.18. The van der Waals surface area contributed by atoms with Gasteiger partial charge in [0.15, 0.2) is 5.11 Å². The van der Waals surface area contributed by atoms with E-state index in [-0.39, 0.29) is 5.11 Å². The average Bonchev–Trinajstić information content (AvgIpc) is 2.89. The second kappa shape index (κ2) is 13.7. The first-order valence-corrected chi connectivity index (χ1v) is 11.9. The zero-order valence-electron chi connectivity index (χ0n) is 19.6. The zero-order valence-corrected chi connectivity index (χ0v) is 20.4. The quantitative estimate of drug-likeness (QED) is 0.215. The van der Waals surface area contributed by atoms with Gasteiger partial charge in [-0.05, 0) is 60.6 Å². The number of thiocarbonyl (C=S) groups is 1. The molecular formula is C27H29N3O4S. The molecule has 0 unspecified atom stereocenters. The minimum absolute atomic E-state index is 0.0352. The third-order valence-electron chi connectivity index (χ3n) is 5.02. The van der Waals surface area contributed by atoms with E-state index in [4.69, 9.17) is 21.7 Å². The molecule has 0 aromatic heterocycles. The molecule has 0 spiro atoms. The second-order valence-electron chi connectivity index (χ2n) is 7.71. The van der Waals surface area contributed by atoms with Crippen molar-refractivity contribution >= 4 is 29.1 Å². The fraction of sp³-hybridized carbons (Fsp3) is 0.222. The Morgan fingerprint density at radius 3 is 2.26 bits per heavy atom. The summed E-state index contributed by atoms with van der Waals surface area (Å²) < 4.78 is 11.5. The van der Waals surface area contributed by atoms with E-state index in [9.17, 15) is 9.59 Å². The van der Waals surface area contributed by atoms with Gasteiger partial charge in [-0.15, -0.1) is 0 Å². The molecule has 3 rings (SSSR count). The Balaban J connectivity index is 1.45. The maximum absolute atomic E-state index is 12.6. The van der Waals surface area contributed by atoms with Crippen molar-refractivity contribution in [1.82, 2.24) is 16.2 Å². The SMILES string of the molecule is CCCCCOc1ccccc1C(=O)NC(=S)NNC(=O)c1ccc(OCc2ccccc2)cc1. The van der Waals surface area contributed by atoms with E-state index in [1.165, 1.54) is 0 Å². The lowest BCUT2D eigenvalue weighted by atomic mass is 10.2. The van der Waals surface area contributed by atoms with Crippen LogP contribution in [0.3, 0.4) is 0 Å². The summed E-state index contributed by atoms with van der Waals surface area (Å²) in [6, 6.07) is 23.5. The lowest BCUT2D eigenvalue weighted by molar-refractivity contribution is 0.0933. The van der Waals surface area contributed by atoms with Crippen LogP contribution in [0.25, 0.3) is 0 Å². The lowest BCUT2D eigenvalue weighted by Crippen LogP contribution is -2.48. The van der Waals surface area contributed by atoms with Crippen LogP contribution in [0.4, 0.5) is 0 Å². The molecule has 0 bridgehead atoms. The molecule has 0 atom stereocenters. The molecule has 0 fully saturated rings. The molecule has 3 aromatic rings. The van der Waals surface area contributed by atoms with Crippen LogP contribution in [0.5, 0.6) is 11.5 Å². The zero-order chi connectivity index (χ0) is 24.9. The number of carbonyl (C=O) groups excluding carboxylic acids is 2. The number of ether oxygens (including phenoxy) is 2. The van der Waals surface area contributed by atoms with E-state index in [1.807, 2.05) is 30.3 Å². The van der Waals surface area contributed by atoms with Crippen molar-refractivity contribution in [3.8, 4) is 11.5 Å². The molecule has 182 valence electrons. The molecule has 3 N–H and O–H groups in total. The van der Waals surface area contributed by atoms with Crippen LogP contribution in [0.2, 0.25) is 0 Å². The molecule has 0 saturated heterocycles. The number of hydrogen-bond acceptors (Lipinski definition) is 5. The summed E-state index contributed by atoms with van der Waals surface area (Å²) >= 11 is 5.15. The summed E-state index contributed by atoms with van der Waals surface area (Å²) in [5, 5.41) is 2.52. The van der Waals surface area contributed by atoms with Gasteiger partial charge in [0, 0.05) is 5.56 Å². The standard InChI is InChI=1S/C27H29N3O4S/c1-2-3-9-18-33-24-13-8-7-12-23(24)26(32)28-27(35)30-29-25(31)21-14-16-22(17-15-21)34-19-20-10-5-4-6-11-20/h4-8,10-17H,2-3,9,18-19H2,1H3,(H,29,31)(H2,28,30,32,35). The molecule has 35 heavy (non-hydrogen) atoms. The number of para-hydroxylation sites is 1. The third-order valence-corrected chi connectivity index (χ3v) is 5.22. The van der Waals surface area contributed by atoms with Gasteiger partial charge in [-0.3, -0.25) is 25.8 Å². The summed E-state index contributed by atoms with van der Waals surface area (Å²) in [5.41, 5.74) is 6.86. The predicted molar refractivity (Wildman–Crippen MR) is 139 cm³/mol. The minimum Gasteiger partial charge on any atom is -0.493 e. The molecule has 8 heteroatoms. The van der Waals surface area contributed by atoms with Crippen LogP contribution >= 0.6 is 12.2 Å². The first kappa shape index (κ1) is 25.7. The summed E-state index contributed by atoms with van der Waals surface area (Å²) in [4.78, 5) is 25.1. The predicted octanol–water partition coefficient (Wildman–Crippen LogP) is 4.78. The highest BCUT2D eigenvalue weighted by Gasteiger charge is 2.14. The number of nitrogens with one attached hydrogen (secondary N) is 3. The Morgan fingerprint density at radius 1 is 0.800 bits per heavy atom. The number of hydrazine groups is 1. The van der Waals surface area contributed by atoms with Crippen LogP contribution < -0.4 is 25.6 Å². The van der Waals surface area contributed by atoms with Crippen LogP contribution in [0.15, 0.2) is 78.9 Å². The lowest BCUT2D eigenvalue weighted by Gasteiger charge is -2.13. The average molecular weight is 492 g/mol. The van der Waals surface area contributed by atoms with E-state index in [0.29, 0.717) is 35.8 Å². The van der Waals surface area contributed by atoms with Gasteiger partial charge >= 0.3 is 0 Å². The highest BCUT2D eigenvalue weighted by atomic mass is 32.1. The van der Waals surface area contributed by atoms with Crippen LogP contribution in [0, 0.1) is 0 Å². The van der Waals surface area contributed by atoms with Gasteiger partial charge in [-0.25, -0.2) is 0 Å². The largest absolute Gasteiger partial charge is 0.493 e. The van der Waals surface area contributed by atoms with Gasteiger partial charge in [0.1, 0.15) is 18.1 Å². The summed E-state index contributed by atoms with van der Waals surface area (Å²) in [7, 11) is 0. The van der Waals surface area contributed by atoms with Crippen LogP contribution in [0.1, 0.15) is 52.5 Å². The fourth-order valence-corrected chi connectivity index (χ4v) is 3.29. The number of unbranched alkanes of at least 4 members (excludes halogenated alkanes) is 2. The smallest absolute Gasteiger partial charge is 0.269 e. The van der Waals surface area contributed by atoms with Gasteiger partial charge < -0.3 is 9.47 Å². The topological polar surface area (TPSA) is 88.7 Å². The highest BCUT2D eigenvalue weighted by molar-refractivity contribution is 7.80. The van der Waals surface area contributed by atoms with Crippen molar-refractivity contribution in [2.45, 2.75) is 32.8 Å². The maximum Gasteiger partial charge on any atom is 0.269 e. The van der Waals surface area contributed by atoms with Crippen molar-refractivity contribution in [3.05, 3.63) is 95.6 Å². The van der Waals surface area contributed by atoms with E-state index in [2.05, 4.69) is 23.1 Å². The molecule has 0 saturated carbocycles. The monoisotopic (exact) mass is 491 g/mol. The second-order valence-corrected chi connectivity index (χ2v) is 8.12. The number of hydrogen-bond donors (Lipinski definition) is 3. The minimum atomic E-state index is -0.428. The van der Waals surface area contributed by atoms with Crippen LogP contribution in [-0.2, 0) is 6.61 Å². The van der Waals surface area contributed by atoms with E-state index in [0.717, 1.165) is 24.8 Å². The number of rotatable bonds is 10. The van der Waals surface area contributed by atoms with E-state index in [1.54, 1.807) is 48.5 Å². The molecule has 0 heterocycles. The van der Waals surface area contributed by atoms with Crippen molar-refractivity contribution in [3.63, 3.8) is 0 Å². The number of amides is 2. The van der Waals surface area contributed by atoms with Gasteiger partial charge in [-0.2, -0.15) is 0 Å². The van der Waals surface area contributed by atoms with Crippen molar-refractivity contribution < 1.29 is 19.1 Å². The Labute approximate surface area is 210 Å². The molecule has 0 radical (unpaired) electrons. The van der Waals surface area contributed by atoms with Crippen molar-refractivity contribution in [2.24, 2.45) is 0 Å². The first-order valence-electron chi connectivity index (χ1n) is 11.5. The first-order chi connectivity index (χ1) is 17.1. The fourth-order valence-electron chi connectivity index (χ4n) is 3.15. The molecular weight excluding hydrogens is 462 g/mol. The Morgan fingerprint density at radius 2 is 1.51 bits per heavy atom. The molecule has 0 aliphatic heterocycles. The maximum atomic E-state index is 12.6. The van der Waals surface area contributed by atoms with Gasteiger partial charge in [-0.1, -0.05) is 62.2 Å². The summed E-state index contributed by atoms with van der Waals surface area (Å²) in [6.07, 6.45) is 3.06. The van der Waals surface area contributed by atoms with E-state index >= 15 is 0 Å². The molecule has 3 aromatic carbocycles. The van der Waals surface area contributed by atoms with Gasteiger partial charge in [0.25, 0.3) is 11.8 Å². The van der Waals surface area contributed by atoms with Crippen molar-refractivity contribution in [1.29, 1.82) is 0 Å². The molecule has 7 nitrogen and oxygen atoms in total. The van der Waals surface area contributed by atoms with Gasteiger partial charge in [0.05, 0.1) is 12.2 Å². The Kier molecular flexibility index (Phi) is 10.1. The summed E-state index contributed by atoms with van der Waals surface area (Å²) in [5.74, 6) is 0.304. The Bertz CT molecular complexity index is 1120. The third kappa shape index (κ3) is 8.42. The van der Waals surface area contributed by atoms with E-state index < -0.39 is 11.8 Å². The number of benzene rings is 3. The van der Waals surface area contributed by atoms with Crippen LogP contribution in [-0.4, -0.2) is 23.5 Å². The van der Waals surface area contributed by atoms with Crippen molar-refractivity contribution in [2.75, 3.05) is 6.61 Å². The normalized spacial score (nSPS) is 10.2. The molecule has 2 amide bonds. The Hall–Kier alpha value is -3.91. The molecule has 0 aliphatic rings.